The monoisotopic (exact) mass is 433 g/mol. The Morgan fingerprint density at radius 3 is 2.45 bits per heavy atom. The largest absolute Gasteiger partial charge is 0.467 e. The van der Waals surface area contributed by atoms with Crippen LogP contribution in [0.2, 0.25) is 0 Å². The Bertz CT molecular complexity index is 1140. The van der Waals surface area contributed by atoms with Crippen LogP contribution in [0.5, 0.6) is 6.01 Å². The van der Waals surface area contributed by atoms with E-state index in [0.717, 1.165) is 12.1 Å². The van der Waals surface area contributed by atoms with Crippen LogP contribution in [0, 0.1) is 12.7 Å². The first-order chi connectivity index (χ1) is 14.7. The summed E-state index contributed by atoms with van der Waals surface area (Å²) >= 11 is 0. The highest BCUT2D eigenvalue weighted by molar-refractivity contribution is 5.75. The van der Waals surface area contributed by atoms with Crippen molar-refractivity contribution in [2.24, 2.45) is 0 Å². The predicted molar refractivity (Wildman–Crippen MR) is 109 cm³/mol. The van der Waals surface area contributed by atoms with Gasteiger partial charge in [0, 0.05) is 17.9 Å². The SMILES string of the molecule is COc1ncc(N2Cc3cc(C(F)(F)F)ccc3N(c3ccc(F)cc3C)C2)c(N)n1. The Morgan fingerprint density at radius 2 is 1.81 bits per heavy atom. The van der Waals surface area contributed by atoms with Gasteiger partial charge in [-0.25, -0.2) is 9.37 Å². The van der Waals surface area contributed by atoms with Crippen LogP contribution in [0.1, 0.15) is 16.7 Å². The molecule has 0 spiro atoms. The van der Waals surface area contributed by atoms with E-state index in [4.69, 9.17) is 10.5 Å². The Kier molecular flexibility index (Phi) is 5.08. The number of rotatable bonds is 3. The molecule has 1 aromatic heterocycles. The molecule has 1 aliphatic heterocycles. The van der Waals surface area contributed by atoms with Gasteiger partial charge in [-0.2, -0.15) is 18.2 Å². The van der Waals surface area contributed by atoms with Gasteiger partial charge in [-0.05, 0) is 54.4 Å². The minimum absolute atomic E-state index is 0.0873. The van der Waals surface area contributed by atoms with Gasteiger partial charge in [0.25, 0.3) is 0 Å². The third-order valence-electron chi connectivity index (χ3n) is 5.12. The van der Waals surface area contributed by atoms with Crippen LogP contribution in [-0.2, 0) is 12.7 Å². The number of hydrogen-bond acceptors (Lipinski definition) is 6. The molecule has 2 aromatic carbocycles. The van der Waals surface area contributed by atoms with E-state index in [2.05, 4.69) is 9.97 Å². The number of methoxy groups -OCH3 is 1. The Hall–Kier alpha value is -3.56. The molecule has 162 valence electrons. The van der Waals surface area contributed by atoms with E-state index >= 15 is 0 Å². The molecule has 0 unspecified atom stereocenters. The highest BCUT2D eigenvalue weighted by Gasteiger charge is 2.33. The Labute approximate surface area is 175 Å². The summed E-state index contributed by atoms with van der Waals surface area (Å²) in [5, 5.41) is 0. The number of aromatic nitrogens is 2. The number of ether oxygens (including phenoxy) is 1. The van der Waals surface area contributed by atoms with Crippen LogP contribution in [0.15, 0.2) is 42.6 Å². The lowest BCUT2D eigenvalue weighted by Gasteiger charge is -2.40. The molecular weight excluding hydrogens is 414 g/mol. The van der Waals surface area contributed by atoms with Gasteiger partial charge in [0.2, 0.25) is 0 Å². The molecule has 31 heavy (non-hydrogen) atoms. The van der Waals surface area contributed by atoms with Crippen LogP contribution in [0.25, 0.3) is 0 Å². The summed E-state index contributed by atoms with van der Waals surface area (Å²) in [6, 6.07) is 7.98. The quantitative estimate of drug-likeness (QED) is 0.607. The summed E-state index contributed by atoms with van der Waals surface area (Å²) < 4.78 is 58.6. The number of nitrogens with zero attached hydrogens (tertiary/aromatic N) is 4. The number of anilines is 4. The van der Waals surface area contributed by atoms with E-state index in [1.807, 2.05) is 4.90 Å². The summed E-state index contributed by atoms with van der Waals surface area (Å²) in [6.45, 7) is 2.16. The molecular formula is C21H19F4N5O. The predicted octanol–water partition coefficient (Wildman–Crippen LogP) is 4.65. The summed E-state index contributed by atoms with van der Waals surface area (Å²) in [5.41, 5.74) is 8.12. The average molecular weight is 433 g/mol. The van der Waals surface area contributed by atoms with Crippen molar-refractivity contribution in [3.63, 3.8) is 0 Å². The summed E-state index contributed by atoms with van der Waals surface area (Å²) in [7, 11) is 1.41. The second-order valence-corrected chi connectivity index (χ2v) is 7.17. The van der Waals surface area contributed by atoms with Crippen molar-refractivity contribution in [2.45, 2.75) is 19.6 Å². The van der Waals surface area contributed by atoms with E-state index in [-0.39, 0.29) is 25.0 Å². The van der Waals surface area contributed by atoms with Crippen molar-refractivity contribution in [3.8, 4) is 6.01 Å². The zero-order chi connectivity index (χ0) is 22.3. The van der Waals surface area contributed by atoms with Crippen LogP contribution in [0.3, 0.4) is 0 Å². The number of aryl methyl sites for hydroxylation is 1. The minimum atomic E-state index is -4.48. The number of nitrogens with two attached hydrogens (primary N) is 1. The fourth-order valence-electron chi connectivity index (χ4n) is 3.66. The van der Waals surface area contributed by atoms with E-state index in [0.29, 0.717) is 28.2 Å². The molecule has 0 atom stereocenters. The number of nitrogen functional groups attached to an aromatic ring is 1. The molecule has 3 aromatic rings. The van der Waals surface area contributed by atoms with Crippen LogP contribution in [-0.4, -0.2) is 23.7 Å². The lowest BCUT2D eigenvalue weighted by Crippen LogP contribution is -2.40. The fraction of sp³-hybridized carbons (Fsp3) is 0.238. The Morgan fingerprint density at radius 1 is 1.06 bits per heavy atom. The van der Waals surface area contributed by atoms with Gasteiger partial charge in [-0.3, -0.25) is 0 Å². The molecule has 10 heteroatoms. The zero-order valence-corrected chi connectivity index (χ0v) is 16.7. The van der Waals surface area contributed by atoms with Crippen LogP contribution in [0.4, 0.5) is 40.4 Å². The van der Waals surface area contributed by atoms with E-state index in [9.17, 15) is 17.6 Å². The van der Waals surface area contributed by atoms with Gasteiger partial charge in [0.05, 0.1) is 25.5 Å². The molecule has 0 fully saturated rings. The minimum Gasteiger partial charge on any atom is -0.467 e. The molecule has 0 saturated carbocycles. The molecule has 0 saturated heterocycles. The second-order valence-electron chi connectivity index (χ2n) is 7.17. The van der Waals surface area contributed by atoms with Crippen LogP contribution < -0.4 is 20.3 Å². The first kappa shape index (κ1) is 20.7. The topological polar surface area (TPSA) is 67.5 Å². The van der Waals surface area contributed by atoms with Crippen molar-refractivity contribution < 1.29 is 22.3 Å². The second kappa shape index (κ2) is 7.60. The fourth-order valence-corrected chi connectivity index (χ4v) is 3.66. The third-order valence-corrected chi connectivity index (χ3v) is 5.12. The number of benzene rings is 2. The molecule has 2 heterocycles. The van der Waals surface area contributed by atoms with E-state index in [1.165, 1.54) is 31.5 Å². The van der Waals surface area contributed by atoms with Crippen molar-refractivity contribution >= 4 is 22.9 Å². The van der Waals surface area contributed by atoms with Gasteiger partial charge in [-0.15, -0.1) is 0 Å². The maximum atomic E-state index is 13.7. The highest BCUT2D eigenvalue weighted by Crippen LogP contribution is 2.40. The number of alkyl halides is 3. The van der Waals surface area contributed by atoms with Gasteiger partial charge < -0.3 is 20.3 Å². The van der Waals surface area contributed by atoms with Gasteiger partial charge in [-0.1, -0.05) is 0 Å². The highest BCUT2D eigenvalue weighted by atomic mass is 19.4. The molecule has 0 aliphatic carbocycles. The van der Waals surface area contributed by atoms with E-state index in [1.54, 1.807) is 17.9 Å². The van der Waals surface area contributed by atoms with Gasteiger partial charge in [0.1, 0.15) is 11.5 Å². The number of fused-ring (bicyclic) bond motifs is 1. The number of halogens is 4. The maximum absolute atomic E-state index is 13.7. The van der Waals surface area contributed by atoms with E-state index < -0.39 is 17.6 Å². The lowest BCUT2D eigenvalue weighted by molar-refractivity contribution is -0.137. The molecule has 0 bridgehead atoms. The molecule has 1 aliphatic rings. The summed E-state index contributed by atoms with van der Waals surface area (Å²) in [5.74, 6) is -0.256. The van der Waals surface area contributed by atoms with Gasteiger partial charge in [0.15, 0.2) is 5.82 Å². The molecule has 2 N–H and O–H groups in total. The lowest BCUT2D eigenvalue weighted by atomic mass is 10.0. The van der Waals surface area contributed by atoms with Crippen molar-refractivity contribution in [1.29, 1.82) is 0 Å². The molecule has 4 rings (SSSR count). The first-order valence-electron chi connectivity index (χ1n) is 9.32. The molecule has 6 nitrogen and oxygen atoms in total. The summed E-state index contributed by atoms with van der Waals surface area (Å²) in [6.07, 6.45) is -3.01. The van der Waals surface area contributed by atoms with Crippen molar-refractivity contribution in [2.75, 3.05) is 29.3 Å². The molecule has 0 amide bonds. The van der Waals surface area contributed by atoms with Crippen LogP contribution >= 0.6 is 0 Å². The first-order valence-corrected chi connectivity index (χ1v) is 9.32. The number of hydrogen-bond donors (Lipinski definition) is 1. The summed E-state index contributed by atoms with van der Waals surface area (Å²) in [4.78, 5) is 11.7. The molecule has 0 radical (unpaired) electrons. The smallest absolute Gasteiger partial charge is 0.416 e. The standard InChI is InChI=1S/C21H19F4N5O/c1-12-7-15(22)4-6-16(12)30-11-29(18-9-27-20(31-2)28-19(18)26)10-13-8-14(21(23,24)25)3-5-17(13)30/h3-9H,10-11H2,1-2H3,(H2,26,27,28). The third kappa shape index (κ3) is 3.92. The zero-order valence-electron chi connectivity index (χ0n) is 16.7. The average Bonchev–Trinajstić information content (AvgIpc) is 2.72. The Balaban J connectivity index is 1.83. The van der Waals surface area contributed by atoms with Crippen molar-refractivity contribution in [1.82, 2.24) is 9.97 Å². The normalized spacial score (nSPS) is 13.9. The maximum Gasteiger partial charge on any atom is 0.416 e. The van der Waals surface area contributed by atoms with Gasteiger partial charge >= 0.3 is 12.2 Å². The van der Waals surface area contributed by atoms with Crippen molar-refractivity contribution in [3.05, 3.63) is 65.1 Å².